The second-order valence-corrected chi connectivity index (χ2v) is 6.95. The Labute approximate surface area is 149 Å². The molecule has 0 spiro atoms. The Morgan fingerprint density at radius 3 is 2.84 bits per heavy atom. The van der Waals surface area contributed by atoms with E-state index in [1.807, 2.05) is 42.5 Å². The van der Waals surface area contributed by atoms with Gasteiger partial charge < -0.3 is 15.7 Å². The third-order valence-corrected chi connectivity index (χ3v) is 4.96. The molecule has 0 aliphatic heterocycles. The zero-order valence-corrected chi connectivity index (χ0v) is 14.9. The van der Waals surface area contributed by atoms with Crippen molar-refractivity contribution in [2.75, 3.05) is 11.9 Å². The highest BCUT2D eigenvalue weighted by atomic mass is 16.3. The van der Waals surface area contributed by atoms with Crippen LogP contribution in [0.4, 0.5) is 5.69 Å². The summed E-state index contributed by atoms with van der Waals surface area (Å²) in [4.78, 5) is 11.2. The first-order valence-electron chi connectivity index (χ1n) is 8.90. The van der Waals surface area contributed by atoms with Gasteiger partial charge in [-0.05, 0) is 55.0 Å². The first-order chi connectivity index (χ1) is 12.0. The van der Waals surface area contributed by atoms with E-state index in [0.717, 1.165) is 36.1 Å². The number of nitrogens with one attached hydrogen (secondary N) is 2. The minimum atomic E-state index is -0.821. The van der Waals surface area contributed by atoms with E-state index in [1.54, 1.807) is 0 Å². The number of amides is 1. The van der Waals surface area contributed by atoms with Crippen LogP contribution in [-0.2, 0) is 16.8 Å². The number of anilines is 1. The SMILES string of the molecule is CC(=O)Nc1cccc(C(C)NCC2(O)CCCc3ccccc32)c1. The van der Waals surface area contributed by atoms with Crippen molar-refractivity contribution in [1.29, 1.82) is 0 Å². The Morgan fingerprint density at radius 1 is 1.24 bits per heavy atom. The van der Waals surface area contributed by atoms with Gasteiger partial charge in [0.05, 0.1) is 0 Å². The zero-order valence-electron chi connectivity index (χ0n) is 14.9. The van der Waals surface area contributed by atoms with Crippen molar-refractivity contribution >= 4 is 11.6 Å². The Hall–Kier alpha value is -2.17. The van der Waals surface area contributed by atoms with Crippen molar-refractivity contribution in [3.8, 4) is 0 Å². The molecular weight excluding hydrogens is 312 g/mol. The molecule has 2 unspecified atom stereocenters. The summed E-state index contributed by atoms with van der Waals surface area (Å²) in [6, 6.07) is 16.1. The molecule has 0 bridgehead atoms. The van der Waals surface area contributed by atoms with E-state index >= 15 is 0 Å². The maximum absolute atomic E-state index is 11.2. The predicted molar refractivity (Wildman–Crippen MR) is 100 cm³/mol. The molecule has 2 atom stereocenters. The molecule has 1 aliphatic carbocycles. The summed E-state index contributed by atoms with van der Waals surface area (Å²) in [5, 5.41) is 17.5. The second kappa shape index (κ2) is 7.38. The summed E-state index contributed by atoms with van der Waals surface area (Å²) in [5.41, 5.74) is 3.35. The fourth-order valence-corrected chi connectivity index (χ4v) is 3.61. The Morgan fingerprint density at radius 2 is 2.04 bits per heavy atom. The van der Waals surface area contributed by atoms with E-state index in [4.69, 9.17) is 0 Å². The first-order valence-corrected chi connectivity index (χ1v) is 8.90. The van der Waals surface area contributed by atoms with Gasteiger partial charge in [0, 0.05) is 25.2 Å². The molecule has 0 fully saturated rings. The number of rotatable bonds is 5. The number of carbonyl (C=O) groups excluding carboxylic acids is 1. The molecule has 2 aromatic carbocycles. The van der Waals surface area contributed by atoms with Crippen LogP contribution in [0, 0.1) is 0 Å². The smallest absolute Gasteiger partial charge is 0.221 e. The lowest BCUT2D eigenvalue weighted by Crippen LogP contribution is -2.41. The minimum Gasteiger partial charge on any atom is -0.384 e. The number of hydrogen-bond acceptors (Lipinski definition) is 3. The molecule has 0 saturated heterocycles. The summed E-state index contributed by atoms with van der Waals surface area (Å²) in [6.45, 7) is 4.09. The minimum absolute atomic E-state index is 0.0758. The van der Waals surface area contributed by atoms with Gasteiger partial charge in [0.2, 0.25) is 5.91 Å². The summed E-state index contributed by atoms with van der Waals surface area (Å²) >= 11 is 0. The lowest BCUT2D eigenvalue weighted by molar-refractivity contribution is -0.114. The molecule has 25 heavy (non-hydrogen) atoms. The molecule has 4 heteroatoms. The van der Waals surface area contributed by atoms with Crippen molar-refractivity contribution in [2.24, 2.45) is 0 Å². The Balaban J connectivity index is 1.70. The fraction of sp³-hybridized carbons (Fsp3) is 0.381. The van der Waals surface area contributed by atoms with Crippen LogP contribution >= 0.6 is 0 Å². The molecule has 3 rings (SSSR count). The Kier molecular flexibility index (Phi) is 5.21. The molecular formula is C21H26N2O2. The van der Waals surface area contributed by atoms with E-state index in [-0.39, 0.29) is 11.9 Å². The number of hydrogen-bond donors (Lipinski definition) is 3. The maximum Gasteiger partial charge on any atom is 0.221 e. The third kappa shape index (κ3) is 4.09. The van der Waals surface area contributed by atoms with Crippen molar-refractivity contribution < 1.29 is 9.90 Å². The molecule has 1 amide bonds. The summed E-state index contributed by atoms with van der Waals surface area (Å²) < 4.78 is 0. The van der Waals surface area contributed by atoms with Gasteiger partial charge in [-0.15, -0.1) is 0 Å². The highest BCUT2D eigenvalue weighted by Crippen LogP contribution is 2.35. The van der Waals surface area contributed by atoms with Crippen LogP contribution in [0.2, 0.25) is 0 Å². The number of aliphatic hydroxyl groups is 1. The van der Waals surface area contributed by atoms with Crippen LogP contribution in [0.5, 0.6) is 0 Å². The zero-order chi connectivity index (χ0) is 17.9. The van der Waals surface area contributed by atoms with Crippen molar-refractivity contribution in [1.82, 2.24) is 5.32 Å². The fourth-order valence-electron chi connectivity index (χ4n) is 3.61. The van der Waals surface area contributed by atoms with Gasteiger partial charge >= 0.3 is 0 Å². The van der Waals surface area contributed by atoms with Crippen molar-refractivity contribution in [2.45, 2.75) is 44.8 Å². The summed E-state index contributed by atoms with van der Waals surface area (Å²) in [7, 11) is 0. The standard InChI is InChI=1S/C21H26N2O2/c1-15(18-8-5-10-19(13-18)23-16(2)24)22-14-21(25)12-6-9-17-7-3-4-11-20(17)21/h3-5,7-8,10-11,13,15,22,25H,6,9,12,14H2,1-2H3,(H,23,24). The molecule has 0 aromatic heterocycles. The average molecular weight is 338 g/mol. The summed E-state index contributed by atoms with van der Waals surface area (Å²) in [5.74, 6) is -0.0779. The molecule has 0 radical (unpaired) electrons. The average Bonchev–Trinajstić information content (AvgIpc) is 2.60. The van der Waals surface area contributed by atoms with Crippen LogP contribution in [0.3, 0.4) is 0 Å². The molecule has 3 N–H and O–H groups in total. The van der Waals surface area contributed by atoms with E-state index in [2.05, 4.69) is 23.6 Å². The lowest BCUT2D eigenvalue weighted by Gasteiger charge is -2.35. The van der Waals surface area contributed by atoms with Gasteiger partial charge in [0.25, 0.3) is 0 Å². The normalized spacial score (nSPS) is 20.6. The van der Waals surface area contributed by atoms with Gasteiger partial charge in [-0.25, -0.2) is 0 Å². The van der Waals surface area contributed by atoms with E-state index < -0.39 is 5.60 Å². The molecule has 1 aliphatic rings. The van der Waals surface area contributed by atoms with Gasteiger partial charge in [0.1, 0.15) is 5.60 Å². The Bertz CT molecular complexity index is 759. The maximum atomic E-state index is 11.2. The van der Waals surface area contributed by atoms with Gasteiger partial charge in [-0.1, -0.05) is 36.4 Å². The van der Waals surface area contributed by atoms with Gasteiger partial charge in [-0.2, -0.15) is 0 Å². The highest BCUT2D eigenvalue weighted by Gasteiger charge is 2.34. The van der Waals surface area contributed by atoms with Crippen LogP contribution in [0.1, 0.15) is 49.4 Å². The number of benzene rings is 2. The van der Waals surface area contributed by atoms with Crippen LogP contribution in [-0.4, -0.2) is 17.6 Å². The lowest BCUT2D eigenvalue weighted by atomic mass is 9.79. The van der Waals surface area contributed by atoms with Crippen LogP contribution in [0.25, 0.3) is 0 Å². The number of aryl methyl sites for hydroxylation is 1. The van der Waals surface area contributed by atoms with E-state index in [9.17, 15) is 9.90 Å². The summed E-state index contributed by atoms with van der Waals surface area (Å²) in [6.07, 6.45) is 2.81. The van der Waals surface area contributed by atoms with Crippen LogP contribution in [0.15, 0.2) is 48.5 Å². The second-order valence-electron chi connectivity index (χ2n) is 6.95. The molecule has 4 nitrogen and oxygen atoms in total. The van der Waals surface area contributed by atoms with E-state index in [1.165, 1.54) is 12.5 Å². The number of carbonyl (C=O) groups is 1. The van der Waals surface area contributed by atoms with Gasteiger partial charge in [0.15, 0.2) is 0 Å². The molecule has 0 saturated carbocycles. The molecule has 2 aromatic rings. The van der Waals surface area contributed by atoms with Gasteiger partial charge in [-0.3, -0.25) is 4.79 Å². The third-order valence-electron chi connectivity index (χ3n) is 4.96. The number of fused-ring (bicyclic) bond motifs is 1. The van der Waals surface area contributed by atoms with Crippen molar-refractivity contribution in [3.63, 3.8) is 0 Å². The van der Waals surface area contributed by atoms with E-state index in [0.29, 0.717) is 6.54 Å². The van der Waals surface area contributed by atoms with Crippen LogP contribution < -0.4 is 10.6 Å². The quantitative estimate of drug-likeness (QED) is 0.782. The molecule has 0 heterocycles. The molecule has 132 valence electrons. The van der Waals surface area contributed by atoms with Crippen molar-refractivity contribution in [3.05, 3.63) is 65.2 Å². The monoisotopic (exact) mass is 338 g/mol. The highest BCUT2D eigenvalue weighted by molar-refractivity contribution is 5.88. The largest absolute Gasteiger partial charge is 0.384 e. The topological polar surface area (TPSA) is 61.4 Å². The predicted octanol–water partition coefficient (Wildman–Crippen LogP) is 3.52. The first kappa shape index (κ1) is 17.6.